The number of nitrogens with one attached hydrogen (secondary N) is 1. The quantitative estimate of drug-likeness (QED) is 0.690. The first kappa shape index (κ1) is 14.8. The topological polar surface area (TPSA) is 89.9 Å². The van der Waals surface area contributed by atoms with Gasteiger partial charge in [0.15, 0.2) is 0 Å². The Kier molecular flexibility index (Phi) is 5.40. The monoisotopic (exact) mass is 258 g/mol. The smallest absolute Gasteiger partial charge is 0.326 e. The molecule has 1 aliphatic heterocycles. The third-order valence-corrected chi connectivity index (χ3v) is 3.05. The van der Waals surface area contributed by atoms with Crippen LogP contribution >= 0.6 is 0 Å². The summed E-state index contributed by atoms with van der Waals surface area (Å²) < 4.78 is 0. The SMILES string of the molecule is CC(C)CC(NC(=O)N1CCC(O)CC1)C(=O)O. The number of aliphatic carboxylic acids is 1. The molecule has 1 unspecified atom stereocenters. The van der Waals surface area contributed by atoms with Crippen molar-refractivity contribution in [1.82, 2.24) is 10.2 Å². The van der Waals surface area contributed by atoms with Gasteiger partial charge in [-0.05, 0) is 25.2 Å². The predicted molar refractivity (Wildman–Crippen MR) is 66.2 cm³/mol. The molecule has 1 atom stereocenters. The van der Waals surface area contributed by atoms with E-state index < -0.39 is 12.0 Å². The van der Waals surface area contributed by atoms with Gasteiger partial charge in [0, 0.05) is 13.1 Å². The lowest BCUT2D eigenvalue weighted by Crippen LogP contribution is -2.51. The minimum atomic E-state index is -1.01. The van der Waals surface area contributed by atoms with E-state index in [1.54, 1.807) is 4.90 Å². The number of urea groups is 1. The molecule has 0 aromatic rings. The molecule has 0 bridgehead atoms. The van der Waals surface area contributed by atoms with Crippen molar-refractivity contribution >= 4 is 12.0 Å². The van der Waals surface area contributed by atoms with Crippen molar-refractivity contribution in [3.05, 3.63) is 0 Å². The second-order valence-electron chi connectivity index (χ2n) is 5.19. The van der Waals surface area contributed by atoms with E-state index in [1.807, 2.05) is 13.8 Å². The van der Waals surface area contributed by atoms with Crippen LogP contribution in [0.4, 0.5) is 4.79 Å². The van der Waals surface area contributed by atoms with Crippen LogP contribution < -0.4 is 5.32 Å². The van der Waals surface area contributed by atoms with Crippen LogP contribution in [0.2, 0.25) is 0 Å². The van der Waals surface area contributed by atoms with E-state index in [9.17, 15) is 14.7 Å². The molecule has 6 nitrogen and oxygen atoms in total. The molecular weight excluding hydrogens is 236 g/mol. The molecule has 1 saturated heterocycles. The summed E-state index contributed by atoms with van der Waals surface area (Å²) in [5, 5.41) is 20.9. The number of carboxylic acids is 1. The summed E-state index contributed by atoms with van der Waals surface area (Å²) in [5.74, 6) is -0.802. The van der Waals surface area contributed by atoms with Crippen molar-refractivity contribution in [3.63, 3.8) is 0 Å². The second-order valence-corrected chi connectivity index (χ2v) is 5.19. The van der Waals surface area contributed by atoms with Gasteiger partial charge >= 0.3 is 12.0 Å². The maximum absolute atomic E-state index is 11.9. The van der Waals surface area contributed by atoms with Gasteiger partial charge in [-0.3, -0.25) is 0 Å². The lowest BCUT2D eigenvalue weighted by Gasteiger charge is -2.30. The fourth-order valence-electron chi connectivity index (χ4n) is 2.00. The third kappa shape index (κ3) is 4.52. The molecule has 0 saturated carbocycles. The van der Waals surface area contributed by atoms with Crippen LogP contribution in [-0.4, -0.2) is 52.3 Å². The van der Waals surface area contributed by atoms with Gasteiger partial charge in [0.2, 0.25) is 0 Å². The van der Waals surface area contributed by atoms with Crippen LogP contribution in [0.15, 0.2) is 0 Å². The van der Waals surface area contributed by atoms with Crippen molar-refractivity contribution in [2.45, 2.75) is 45.3 Å². The second kappa shape index (κ2) is 6.58. The number of aliphatic hydroxyl groups excluding tert-OH is 1. The Labute approximate surface area is 107 Å². The van der Waals surface area contributed by atoms with Crippen molar-refractivity contribution in [3.8, 4) is 0 Å². The molecule has 0 aliphatic carbocycles. The lowest BCUT2D eigenvalue weighted by molar-refractivity contribution is -0.139. The molecule has 1 rings (SSSR count). The van der Waals surface area contributed by atoms with Crippen LogP contribution in [0.5, 0.6) is 0 Å². The van der Waals surface area contributed by atoms with E-state index in [0.29, 0.717) is 32.4 Å². The zero-order chi connectivity index (χ0) is 13.7. The van der Waals surface area contributed by atoms with Crippen LogP contribution in [0.3, 0.4) is 0 Å². The number of carbonyl (C=O) groups is 2. The molecule has 0 radical (unpaired) electrons. The fourth-order valence-corrected chi connectivity index (χ4v) is 2.00. The number of hydrogen-bond acceptors (Lipinski definition) is 3. The molecule has 1 fully saturated rings. The lowest BCUT2D eigenvalue weighted by atomic mass is 10.0. The average molecular weight is 258 g/mol. The van der Waals surface area contributed by atoms with E-state index in [2.05, 4.69) is 5.32 Å². The number of aliphatic hydroxyl groups is 1. The van der Waals surface area contributed by atoms with Gasteiger partial charge in [-0.2, -0.15) is 0 Å². The summed E-state index contributed by atoms with van der Waals surface area (Å²) >= 11 is 0. The molecule has 0 spiro atoms. The third-order valence-electron chi connectivity index (χ3n) is 3.05. The number of amides is 2. The summed E-state index contributed by atoms with van der Waals surface area (Å²) in [4.78, 5) is 24.5. The van der Waals surface area contributed by atoms with E-state index in [0.717, 1.165) is 0 Å². The number of likely N-dealkylation sites (tertiary alicyclic amines) is 1. The summed E-state index contributed by atoms with van der Waals surface area (Å²) in [6.45, 7) is 4.78. The van der Waals surface area contributed by atoms with E-state index in [-0.39, 0.29) is 18.1 Å². The molecular formula is C12H22N2O4. The van der Waals surface area contributed by atoms with Crippen LogP contribution in [-0.2, 0) is 4.79 Å². The van der Waals surface area contributed by atoms with E-state index in [1.165, 1.54) is 0 Å². The van der Waals surface area contributed by atoms with Crippen molar-refractivity contribution in [1.29, 1.82) is 0 Å². The van der Waals surface area contributed by atoms with Crippen molar-refractivity contribution in [2.75, 3.05) is 13.1 Å². The van der Waals surface area contributed by atoms with E-state index >= 15 is 0 Å². The normalized spacial score (nSPS) is 18.8. The maximum atomic E-state index is 11.9. The standard InChI is InChI=1S/C12H22N2O4/c1-8(2)7-10(11(16)17)13-12(18)14-5-3-9(15)4-6-14/h8-10,15H,3-7H2,1-2H3,(H,13,18)(H,16,17). The van der Waals surface area contributed by atoms with Gasteiger partial charge in [0.25, 0.3) is 0 Å². The highest BCUT2D eigenvalue weighted by molar-refractivity contribution is 5.82. The predicted octanol–water partition coefficient (Wildman–Crippen LogP) is 0.652. The Balaban J connectivity index is 2.48. The Hall–Kier alpha value is -1.30. The van der Waals surface area contributed by atoms with Gasteiger partial charge in [-0.15, -0.1) is 0 Å². The molecule has 3 N–H and O–H groups in total. The molecule has 18 heavy (non-hydrogen) atoms. The number of piperidine rings is 1. The highest BCUT2D eigenvalue weighted by Crippen LogP contribution is 2.11. The van der Waals surface area contributed by atoms with Gasteiger partial charge in [-0.25, -0.2) is 9.59 Å². The number of rotatable bonds is 4. The number of nitrogens with zero attached hydrogens (tertiary/aromatic N) is 1. The molecule has 1 aliphatic rings. The van der Waals surface area contributed by atoms with E-state index in [4.69, 9.17) is 5.11 Å². The summed E-state index contributed by atoms with van der Waals surface area (Å²) in [5.41, 5.74) is 0. The van der Waals surface area contributed by atoms with Crippen molar-refractivity contribution < 1.29 is 19.8 Å². The minimum absolute atomic E-state index is 0.203. The largest absolute Gasteiger partial charge is 0.480 e. The molecule has 0 aromatic heterocycles. The summed E-state index contributed by atoms with van der Waals surface area (Å²) in [7, 11) is 0. The Morgan fingerprint density at radius 2 is 1.89 bits per heavy atom. The maximum Gasteiger partial charge on any atom is 0.326 e. The van der Waals surface area contributed by atoms with Gasteiger partial charge < -0.3 is 20.4 Å². The highest BCUT2D eigenvalue weighted by Gasteiger charge is 2.26. The van der Waals surface area contributed by atoms with Crippen LogP contribution in [0.25, 0.3) is 0 Å². The molecule has 0 aromatic carbocycles. The Bertz CT molecular complexity index is 298. The van der Waals surface area contributed by atoms with Gasteiger partial charge in [-0.1, -0.05) is 13.8 Å². The fraction of sp³-hybridized carbons (Fsp3) is 0.833. The first-order valence-electron chi connectivity index (χ1n) is 6.36. The van der Waals surface area contributed by atoms with Crippen LogP contribution in [0.1, 0.15) is 33.1 Å². The molecule has 2 amide bonds. The highest BCUT2D eigenvalue weighted by atomic mass is 16.4. The zero-order valence-corrected chi connectivity index (χ0v) is 10.9. The first-order chi connectivity index (χ1) is 8.40. The van der Waals surface area contributed by atoms with Gasteiger partial charge in [0.05, 0.1) is 6.10 Å². The Morgan fingerprint density at radius 1 is 1.33 bits per heavy atom. The first-order valence-corrected chi connectivity index (χ1v) is 6.36. The number of carbonyl (C=O) groups excluding carboxylic acids is 1. The van der Waals surface area contributed by atoms with Crippen LogP contribution in [0, 0.1) is 5.92 Å². The zero-order valence-electron chi connectivity index (χ0n) is 10.9. The minimum Gasteiger partial charge on any atom is -0.480 e. The number of carboxylic acid groups (broad SMARTS) is 1. The molecule has 104 valence electrons. The summed E-state index contributed by atoms with van der Waals surface area (Å²) in [6, 6.07) is -1.20. The van der Waals surface area contributed by atoms with Gasteiger partial charge in [0.1, 0.15) is 6.04 Å². The molecule has 1 heterocycles. The summed E-state index contributed by atoms with van der Waals surface area (Å²) in [6.07, 6.45) is 1.17. The Morgan fingerprint density at radius 3 is 2.33 bits per heavy atom. The van der Waals surface area contributed by atoms with Crippen molar-refractivity contribution in [2.24, 2.45) is 5.92 Å². The molecule has 6 heteroatoms. The number of hydrogen-bond donors (Lipinski definition) is 3. The average Bonchev–Trinajstić information content (AvgIpc) is 2.28.